The van der Waals surface area contributed by atoms with Crippen molar-refractivity contribution in [1.29, 1.82) is 0 Å². The molecule has 0 aliphatic rings. The third-order valence-electron chi connectivity index (χ3n) is 3.27. The van der Waals surface area contributed by atoms with Gasteiger partial charge >= 0.3 is 0 Å². The highest BCUT2D eigenvalue weighted by Gasteiger charge is 2.11. The van der Waals surface area contributed by atoms with E-state index in [0.717, 1.165) is 35.7 Å². The number of nitrogens with one attached hydrogen (secondary N) is 1. The summed E-state index contributed by atoms with van der Waals surface area (Å²) in [6, 6.07) is 10.2. The molecule has 4 heteroatoms. The minimum absolute atomic E-state index is 0.324. The summed E-state index contributed by atoms with van der Waals surface area (Å²) in [4.78, 5) is 4.15. The monoisotopic (exact) mass is 289 g/mol. The maximum Gasteiger partial charge on any atom is 0.0408 e. The number of benzene rings is 1. The summed E-state index contributed by atoms with van der Waals surface area (Å²) in [5.74, 6) is 0. The van der Waals surface area contributed by atoms with Crippen molar-refractivity contribution < 1.29 is 0 Å². The quantitative estimate of drug-likeness (QED) is 0.859. The van der Waals surface area contributed by atoms with Gasteiger partial charge in [0.2, 0.25) is 0 Å². The van der Waals surface area contributed by atoms with Crippen molar-refractivity contribution in [3.63, 3.8) is 0 Å². The Kier molecular flexibility index (Phi) is 5.39. The van der Waals surface area contributed by atoms with Crippen LogP contribution in [0.15, 0.2) is 42.7 Å². The van der Waals surface area contributed by atoms with Crippen LogP contribution in [0.1, 0.15) is 18.1 Å². The molecule has 1 aromatic carbocycles. The zero-order valence-corrected chi connectivity index (χ0v) is 12.4. The minimum Gasteiger partial charge on any atom is -0.398 e. The second-order valence-corrected chi connectivity index (χ2v) is 5.30. The van der Waals surface area contributed by atoms with Crippen LogP contribution >= 0.6 is 11.6 Å². The average Bonchev–Trinajstić information content (AvgIpc) is 2.42. The van der Waals surface area contributed by atoms with Crippen LogP contribution in [0.25, 0.3) is 0 Å². The van der Waals surface area contributed by atoms with Crippen molar-refractivity contribution in [1.82, 2.24) is 10.3 Å². The second-order valence-electron chi connectivity index (χ2n) is 4.87. The smallest absolute Gasteiger partial charge is 0.0408 e. The Morgan fingerprint density at radius 3 is 2.85 bits per heavy atom. The van der Waals surface area contributed by atoms with Crippen LogP contribution in [0.2, 0.25) is 5.02 Å². The van der Waals surface area contributed by atoms with E-state index in [0.29, 0.717) is 6.04 Å². The first-order valence-electron chi connectivity index (χ1n) is 6.85. The van der Waals surface area contributed by atoms with Gasteiger partial charge in [-0.3, -0.25) is 4.98 Å². The largest absolute Gasteiger partial charge is 0.398 e. The van der Waals surface area contributed by atoms with Crippen molar-refractivity contribution in [2.24, 2.45) is 0 Å². The third kappa shape index (κ3) is 4.22. The molecule has 0 radical (unpaired) electrons. The lowest BCUT2D eigenvalue weighted by molar-refractivity contribution is 0.521. The van der Waals surface area contributed by atoms with Crippen LogP contribution in [0.5, 0.6) is 0 Å². The van der Waals surface area contributed by atoms with Crippen molar-refractivity contribution in [3.8, 4) is 0 Å². The Labute approximate surface area is 125 Å². The van der Waals surface area contributed by atoms with E-state index in [4.69, 9.17) is 17.3 Å². The molecule has 20 heavy (non-hydrogen) atoms. The summed E-state index contributed by atoms with van der Waals surface area (Å²) >= 11 is 6.04. The Hall–Kier alpha value is -1.58. The van der Waals surface area contributed by atoms with Gasteiger partial charge in [-0.2, -0.15) is 0 Å². The van der Waals surface area contributed by atoms with E-state index in [9.17, 15) is 0 Å². The summed E-state index contributed by atoms with van der Waals surface area (Å²) in [5, 5.41) is 4.28. The normalized spacial score (nSPS) is 12.3. The summed E-state index contributed by atoms with van der Waals surface area (Å²) < 4.78 is 0. The van der Waals surface area contributed by atoms with Gasteiger partial charge in [-0.15, -0.1) is 0 Å². The first kappa shape index (κ1) is 14.8. The topological polar surface area (TPSA) is 50.9 Å². The number of hydrogen-bond donors (Lipinski definition) is 2. The molecule has 0 aliphatic carbocycles. The lowest BCUT2D eigenvalue weighted by Gasteiger charge is -2.19. The second kappa shape index (κ2) is 7.27. The van der Waals surface area contributed by atoms with Crippen LogP contribution in [0.4, 0.5) is 5.69 Å². The number of anilines is 1. The Bertz CT molecular complexity index is 557. The van der Waals surface area contributed by atoms with Crippen molar-refractivity contribution in [3.05, 3.63) is 58.9 Å². The molecule has 106 valence electrons. The van der Waals surface area contributed by atoms with Crippen molar-refractivity contribution in [2.75, 3.05) is 12.3 Å². The zero-order valence-electron chi connectivity index (χ0n) is 11.6. The first-order valence-corrected chi connectivity index (χ1v) is 7.23. The predicted molar refractivity (Wildman–Crippen MR) is 85.0 cm³/mol. The molecule has 1 aromatic heterocycles. The Balaban J connectivity index is 2.09. The number of aromatic nitrogens is 1. The van der Waals surface area contributed by atoms with Gasteiger partial charge in [0.05, 0.1) is 0 Å². The van der Waals surface area contributed by atoms with Crippen LogP contribution in [0.3, 0.4) is 0 Å². The van der Waals surface area contributed by atoms with Gasteiger partial charge in [0, 0.05) is 29.1 Å². The van der Waals surface area contributed by atoms with Crippen LogP contribution in [0, 0.1) is 0 Å². The van der Waals surface area contributed by atoms with E-state index in [1.807, 2.05) is 30.5 Å². The summed E-state index contributed by atoms with van der Waals surface area (Å²) in [6.45, 7) is 3.03. The molecule has 2 rings (SSSR count). The number of hydrogen-bond acceptors (Lipinski definition) is 3. The molecule has 1 heterocycles. The molecule has 0 bridgehead atoms. The van der Waals surface area contributed by atoms with Crippen LogP contribution < -0.4 is 11.1 Å². The summed E-state index contributed by atoms with van der Waals surface area (Å²) in [5.41, 5.74) is 9.11. The maximum atomic E-state index is 6.04. The number of likely N-dealkylation sites (N-methyl/N-ethyl adjacent to an activating group) is 1. The fourth-order valence-corrected chi connectivity index (χ4v) is 2.54. The van der Waals surface area contributed by atoms with E-state index in [-0.39, 0.29) is 0 Å². The number of nitrogens with zero attached hydrogens (tertiary/aromatic N) is 1. The van der Waals surface area contributed by atoms with Gasteiger partial charge in [-0.05, 0) is 48.7 Å². The molecule has 2 aromatic rings. The standard InChI is InChI=1S/C16H20ClN3/c1-2-20-15(9-12-4-3-5-14(17)8-12)10-13-11-19-7-6-16(13)18/h3-8,11,15,20H,2,9-10H2,1H3,(H2,18,19). The van der Waals surface area contributed by atoms with Gasteiger partial charge < -0.3 is 11.1 Å². The molecule has 0 amide bonds. The summed E-state index contributed by atoms with van der Waals surface area (Å²) in [6.07, 6.45) is 5.35. The maximum absolute atomic E-state index is 6.04. The zero-order chi connectivity index (χ0) is 14.4. The van der Waals surface area contributed by atoms with Gasteiger partial charge in [0.1, 0.15) is 0 Å². The summed E-state index contributed by atoms with van der Waals surface area (Å²) in [7, 11) is 0. The van der Waals surface area contributed by atoms with E-state index in [1.165, 1.54) is 5.56 Å². The van der Waals surface area contributed by atoms with Crippen LogP contribution in [-0.2, 0) is 12.8 Å². The van der Waals surface area contributed by atoms with Crippen LogP contribution in [-0.4, -0.2) is 17.6 Å². The molecule has 0 spiro atoms. The highest BCUT2D eigenvalue weighted by Crippen LogP contribution is 2.16. The molecule has 0 fully saturated rings. The number of pyridine rings is 1. The third-order valence-corrected chi connectivity index (χ3v) is 3.51. The molecule has 3 N–H and O–H groups in total. The molecule has 0 saturated carbocycles. The van der Waals surface area contributed by atoms with Gasteiger partial charge in [-0.1, -0.05) is 30.7 Å². The lowest BCUT2D eigenvalue weighted by Crippen LogP contribution is -2.33. The molecule has 0 aliphatic heterocycles. The van der Waals surface area contributed by atoms with E-state index in [2.05, 4.69) is 23.3 Å². The Morgan fingerprint density at radius 2 is 2.15 bits per heavy atom. The number of nitrogen functional groups attached to an aromatic ring is 1. The fraction of sp³-hybridized carbons (Fsp3) is 0.312. The van der Waals surface area contributed by atoms with E-state index in [1.54, 1.807) is 6.20 Å². The van der Waals surface area contributed by atoms with Gasteiger partial charge in [0.25, 0.3) is 0 Å². The minimum atomic E-state index is 0.324. The SMILES string of the molecule is CCNC(Cc1cccc(Cl)c1)Cc1cnccc1N. The highest BCUT2D eigenvalue weighted by atomic mass is 35.5. The predicted octanol–water partition coefficient (Wildman–Crippen LogP) is 3.08. The van der Waals surface area contributed by atoms with Crippen molar-refractivity contribution >= 4 is 17.3 Å². The van der Waals surface area contributed by atoms with E-state index >= 15 is 0 Å². The molecule has 3 nitrogen and oxygen atoms in total. The molecule has 0 saturated heterocycles. The number of halogens is 1. The Morgan fingerprint density at radius 1 is 1.30 bits per heavy atom. The molecular formula is C16H20ClN3. The van der Waals surface area contributed by atoms with Crippen molar-refractivity contribution in [2.45, 2.75) is 25.8 Å². The van der Waals surface area contributed by atoms with Gasteiger partial charge in [0.15, 0.2) is 0 Å². The first-order chi connectivity index (χ1) is 9.69. The fourth-order valence-electron chi connectivity index (χ4n) is 2.33. The lowest BCUT2D eigenvalue weighted by atomic mass is 9.99. The molecule has 1 unspecified atom stereocenters. The average molecular weight is 290 g/mol. The van der Waals surface area contributed by atoms with Gasteiger partial charge in [-0.25, -0.2) is 0 Å². The number of rotatable bonds is 6. The van der Waals surface area contributed by atoms with E-state index < -0.39 is 0 Å². The number of nitrogens with two attached hydrogens (primary N) is 1. The molecule has 1 atom stereocenters. The highest BCUT2D eigenvalue weighted by molar-refractivity contribution is 6.30. The molecular weight excluding hydrogens is 270 g/mol.